The van der Waals surface area contributed by atoms with Gasteiger partial charge in [-0.1, -0.05) is 36.4 Å². The number of anilines is 1. The number of ether oxygens (including phenoxy) is 3. The Bertz CT molecular complexity index is 1280. The SMILES string of the molecule is O=C1OCCN1CCOc1nc(N2CCOCC2)c(F)c(CN=Cc2ccc3ccccc3c2)c1F. The van der Waals surface area contributed by atoms with Gasteiger partial charge in [-0.15, -0.1) is 0 Å². The first-order valence-corrected chi connectivity index (χ1v) is 11.8. The third kappa shape index (κ3) is 5.23. The van der Waals surface area contributed by atoms with Crippen molar-refractivity contribution in [2.45, 2.75) is 6.54 Å². The van der Waals surface area contributed by atoms with Gasteiger partial charge in [-0.3, -0.25) is 4.99 Å². The molecule has 0 radical (unpaired) electrons. The zero-order valence-electron chi connectivity index (χ0n) is 19.7. The second-order valence-corrected chi connectivity index (χ2v) is 8.47. The van der Waals surface area contributed by atoms with Crippen LogP contribution in [0.5, 0.6) is 5.88 Å². The van der Waals surface area contributed by atoms with Crippen molar-refractivity contribution in [1.29, 1.82) is 0 Å². The molecule has 188 valence electrons. The number of hydrogen-bond acceptors (Lipinski definition) is 7. The van der Waals surface area contributed by atoms with E-state index in [0.29, 0.717) is 39.5 Å². The monoisotopic (exact) mass is 496 g/mol. The first-order chi connectivity index (χ1) is 17.6. The zero-order chi connectivity index (χ0) is 24.9. The van der Waals surface area contributed by atoms with E-state index in [-0.39, 0.29) is 37.0 Å². The summed E-state index contributed by atoms with van der Waals surface area (Å²) in [7, 11) is 0. The summed E-state index contributed by atoms with van der Waals surface area (Å²) < 4.78 is 46.6. The molecule has 2 saturated heterocycles. The second-order valence-electron chi connectivity index (χ2n) is 8.47. The zero-order valence-corrected chi connectivity index (χ0v) is 19.7. The predicted octanol–water partition coefficient (Wildman–Crippen LogP) is 3.80. The highest BCUT2D eigenvalue weighted by molar-refractivity contribution is 5.90. The fraction of sp³-hybridized carbons (Fsp3) is 0.346. The van der Waals surface area contributed by atoms with Gasteiger partial charge in [0.1, 0.15) is 13.2 Å². The van der Waals surface area contributed by atoms with Crippen molar-refractivity contribution in [2.75, 3.05) is 57.5 Å². The van der Waals surface area contributed by atoms with Crippen LogP contribution < -0.4 is 9.64 Å². The molecule has 0 aliphatic carbocycles. The third-order valence-electron chi connectivity index (χ3n) is 6.14. The molecule has 5 rings (SSSR count). The highest BCUT2D eigenvalue weighted by Gasteiger charge is 2.26. The van der Waals surface area contributed by atoms with Crippen LogP contribution in [-0.4, -0.2) is 74.8 Å². The van der Waals surface area contributed by atoms with E-state index < -0.39 is 17.7 Å². The van der Waals surface area contributed by atoms with Gasteiger partial charge in [0, 0.05) is 19.3 Å². The van der Waals surface area contributed by atoms with Gasteiger partial charge in [0.25, 0.3) is 5.88 Å². The van der Waals surface area contributed by atoms with Crippen LogP contribution in [0.1, 0.15) is 11.1 Å². The van der Waals surface area contributed by atoms with E-state index in [2.05, 4.69) is 9.98 Å². The summed E-state index contributed by atoms with van der Waals surface area (Å²) in [5.74, 6) is -1.97. The number of morpholine rings is 1. The van der Waals surface area contributed by atoms with Crippen LogP contribution in [0.3, 0.4) is 0 Å². The molecule has 0 atom stereocenters. The van der Waals surface area contributed by atoms with Crippen molar-refractivity contribution >= 4 is 28.9 Å². The first-order valence-electron chi connectivity index (χ1n) is 11.8. The molecule has 36 heavy (non-hydrogen) atoms. The van der Waals surface area contributed by atoms with E-state index >= 15 is 8.78 Å². The normalized spacial score (nSPS) is 16.2. The molecule has 1 aromatic heterocycles. The molecule has 0 N–H and O–H groups in total. The van der Waals surface area contributed by atoms with Crippen LogP contribution in [0.25, 0.3) is 10.8 Å². The van der Waals surface area contributed by atoms with Crippen LogP contribution in [0.2, 0.25) is 0 Å². The maximum Gasteiger partial charge on any atom is 0.410 e. The molecule has 2 fully saturated rings. The summed E-state index contributed by atoms with van der Waals surface area (Å²) in [4.78, 5) is 23.3. The number of amides is 1. The molecule has 0 bridgehead atoms. The van der Waals surface area contributed by atoms with Gasteiger partial charge in [0.2, 0.25) is 0 Å². The maximum absolute atomic E-state index is 15.5. The summed E-state index contributed by atoms with van der Waals surface area (Å²) >= 11 is 0. The Labute approximate surface area is 207 Å². The Morgan fingerprint density at radius 2 is 1.83 bits per heavy atom. The third-order valence-corrected chi connectivity index (χ3v) is 6.14. The smallest absolute Gasteiger partial charge is 0.410 e. The fourth-order valence-corrected chi connectivity index (χ4v) is 4.19. The first kappa shape index (κ1) is 23.9. The molecular formula is C26H26F2N4O4. The predicted molar refractivity (Wildman–Crippen MR) is 131 cm³/mol. The number of carbonyl (C=O) groups excluding carboxylic acids is 1. The van der Waals surface area contributed by atoms with Gasteiger partial charge in [-0.2, -0.15) is 4.98 Å². The van der Waals surface area contributed by atoms with Gasteiger partial charge < -0.3 is 24.0 Å². The number of aromatic nitrogens is 1. The summed E-state index contributed by atoms with van der Waals surface area (Å²) in [6, 6.07) is 13.8. The van der Waals surface area contributed by atoms with Crippen LogP contribution in [-0.2, 0) is 16.0 Å². The molecule has 0 spiro atoms. The quantitative estimate of drug-likeness (QED) is 0.442. The van der Waals surface area contributed by atoms with Crippen molar-refractivity contribution < 1.29 is 27.8 Å². The average Bonchev–Trinajstić information content (AvgIpc) is 3.32. The molecule has 10 heteroatoms. The van der Waals surface area contributed by atoms with Gasteiger partial charge in [-0.05, 0) is 22.4 Å². The summed E-state index contributed by atoms with van der Waals surface area (Å²) in [6.45, 7) is 2.41. The van der Waals surface area contributed by atoms with Crippen molar-refractivity contribution in [3.05, 3.63) is 65.2 Å². The number of halogens is 2. The van der Waals surface area contributed by atoms with E-state index in [1.165, 1.54) is 4.90 Å². The molecule has 1 amide bonds. The van der Waals surface area contributed by atoms with Gasteiger partial charge in [0.05, 0.1) is 38.4 Å². The van der Waals surface area contributed by atoms with Crippen LogP contribution in [0.4, 0.5) is 19.4 Å². The van der Waals surface area contributed by atoms with Gasteiger partial charge >= 0.3 is 6.09 Å². The van der Waals surface area contributed by atoms with E-state index in [9.17, 15) is 4.79 Å². The summed E-state index contributed by atoms with van der Waals surface area (Å²) in [5.41, 5.74) is 0.602. The standard InChI is InChI=1S/C26H26F2N4O4/c27-22-21(17-29-16-18-5-6-19-3-1-2-4-20(19)15-18)23(28)25(30-24(22)31-7-11-34-12-8-31)35-13-9-32-10-14-36-26(32)33/h1-6,15-16H,7-14,17H2. The van der Waals surface area contributed by atoms with Crippen LogP contribution in [0, 0.1) is 11.6 Å². The van der Waals surface area contributed by atoms with Gasteiger partial charge in [-0.25, -0.2) is 13.6 Å². The molecule has 2 aliphatic heterocycles. The number of aliphatic imine (C=N–C) groups is 1. The molecule has 8 nitrogen and oxygen atoms in total. The lowest BCUT2D eigenvalue weighted by molar-refractivity contribution is 0.122. The Morgan fingerprint density at radius 3 is 2.61 bits per heavy atom. The van der Waals surface area contributed by atoms with Crippen LogP contribution in [0.15, 0.2) is 47.5 Å². The molecular weight excluding hydrogens is 470 g/mol. The minimum Gasteiger partial charge on any atom is -0.474 e. The maximum atomic E-state index is 15.5. The lowest BCUT2D eigenvalue weighted by Gasteiger charge is -2.29. The number of pyridine rings is 1. The Balaban J connectivity index is 1.38. The van der Waals surface area contributed by atoms with Crippen molar-refractivity contribution in [2.24, 2.45) is 4.99 Å². The van der Waals surface area contributed by atoms with E-state index in [0.717, 1.165) is 16.3 Å². The minimum atomic E-state index is -0.899. The number of rotatable bonds is 8. The van der Waals surface area contributed by atoms with E-state index in [1.807, 2.05) is 42.5 Å². The van der Waals surface area contributed by atoms with Crippen molar-refractivity contribution in [3.8, 4) is 5.88 Å². The van der Waals surface area contributed by atoms with E-state index in [4.69, 9.17) is 14.2 Å². The minimum absolute atomic E-state index is 0.00573. The molecule has 3 aromatic rings. The Morgan fingerprint density at radius 1 is 1.03 bits per heavy atom. The summed E-state index contributed by atoms with van der Waals surface area (Å²) in [6.07, 6.45) is 1.16. The average molecular weight is 497 g/mol. The number of carbonyl (C=O) groups is 1. The molecule has 0 unspecified atom stereocenters. The topological polar surface area (TPSA) is 76.5 Å². The van der Waals surface area contributed by atoms with Gasteiger partial charge in [0.15, 0.2) is 17.5 Å². The second kappa shape index (κ2) is 10.9. The fourth-order valence-electron chi connectivity index (χ4n) is 4.19. The number of cyclic esters (lactones) is 1. The lowest BCUT2D eigenvalue weighted by atomic mass is 10.1. The van der Waals surface area contributed by atoms with E-state index in [1.54, 1.807) is 11.1 Å². The summed E-state index contributed by atoms with van der Waals surface area (Å²) in [5, 5.41) is 2.15. The van der Waals surface area contributed by atoms with Crippen molar-refractivity contribution in [1.82, 2.24) is 9.88 Å². The number of hydrogen-bond donors (Lipinski definition) is 0. The lowest BCUT2D eigenvalue weighted by Crippen LogP contribution is -2.37. The highest BCUT2D eigenvalue weighted by atomic mass is 19.1. The number of fused-ring (bicyclic) bond motifs is 1. The van der Waals surface area contributed by atoms with Crippen LogP contribution >= 0.6 is 0 Å². The van der Waals surface area contributed by atoms with Crippen molar-refractivity contribution in [3.63, 3.8) is 0 Å². The molecule has 2 aromatic carbocycles. The number of nitrogens with zero attached hydrogens (tertiary/aromatic N) is 4. The Kier molecular flexibility index (Phi) is 7.22. The highest BCUT2D eigenvalue weighted by Crippen LogP contribution is 2.30. The largest absolute Gasteiger partial charge is 0.474 e. The molecule has 3 heterocycles. The number of benzene rings is 2. The Hall–Kier alpha value is -3.79. The molecule has 2 aliphatic rings. The molecule has 0 saturated carbocycles.